The van der Waals surface area contributed by atoms with Crippen LogP contribution < -0.4 is 4.74 Å². The highest BCUT2D eigenvalue weighted by atomic mass is 16.5. The molecule has 1 aromatic heterocycles. The fraction of sp³-hybridized carbons (Fsp3) is 0.550. The number of likely N-dealkylation sites (tertiary alicyclic amines) is 1. The molecular formula is C20H26N2O3. The van der Waals surface area contributed by atoms with Crippen LogP contribution in [0.5, 0.6) is 5.75 Å². The van der Waals surface area contributed by atoms with Gasteiger partial charge in [-0.2, -0.15) is 0 Å². The van der Waals surface area contributed by atoms with Crippen molar-refractivity contribution in [1.29, 1.82) is 0 Å². The van der Waals surface area contributed by atoms with Gasteiger partial charge < -0.3 is 19.3 Å². The second kappa shape index (κ2) is 6.37. The first kappa shape index (κ1) is 16.5. The standard InChI is InChI=1S/C20H26N2O3/c1-25-17-5-6-18-15(12-17)7-10-21(18)14-19(23)22-11-9-20(24)8-3-2-4-16(20)13-22/h5-7,10,12,16,24H,2-4,8-9,11,13-14H2,1H3/t16-,20+/m1/s1. The molecule has 1 amide bonds. The first-order chi connectivity index (χ1) is 12.1. The van der Waals surface area contributed by atoms with Gasteiger partial charge in [0.15, 0.2) is 0 Å². The summed E-state index contributed by atoms with van der Waals surface area (Å²) in [6, 6.07) is 7.92. The lowest BCUT2D eigenvalue weighted by atomic mass is 9.71. The van der Waals surface area contributed by atoms with Crippen molar-refractivity contribution in [1.82, 2.24) is 9.47 Å². The second-order valence-electron chi connectivity index (χ2n) is 7.50. The number of aliphatic hydroxyl groups is 1. The number of amides is 1. The molecule has 1 saturated heterocycles. The minimum atomic E-state index is -0.536. The number of nitrogens with zero attached hydrogens (tertiary/aromatic N) is 2. The van der Waals surface area contributed by atoms with Crippen LogP contribution in [0.4, 0.5) is 0 Å². The molecule has 0 radical (unpaired) electrons. The van der Waals surface area contributed by atoms with Gasteiger partial charge in [-0.15, -0.1) is 0 Å². The highest BCUT2D eigenvalue weighted by Crippen LogP contribution is 2.39. The van der Waals surface area contributed by atoms with Crippen molar-refractivity contribution in [3.05, 3.63) is 30.5 Å². The predicted octanol–water partition coefficient (Wildman–Crippen LogP) is 2.80. The fourth-order valence-electron chi connectivity index (χ4n) is 4.49. The lowest BCUT2D eigenvalue weighted by molar-refractivity contribution is -0.143. The number of hydrogen-bond acceptors (Lipinski definition) is 3. The molecule has 2 aromatic rings. The first-order valence-electron chi connectivity index (χ1n) is 9.22. The summed E-state index contributed by atoms with van der Waals surface area (Å²) in [5.74, 6) is 1.20. The van der Waals surface area contributed by atoms with E-state index in [9.17, 15) is 9.90 Å². The van der Waals surface area contributed by atoms with Gasteiger partial charge in [0.1, 0.15) is 12.3 Å². The van der Waals surface area contributed by atoms with Crippen LogP contribution in [-0.2, 0) is 11.3 Å². The Kier molecular flexibility index (Phi) is 4.20. The molecule has 2 aliphatic rings. The molecule has 25 heavy (non-hydrogen) atoms. The van der Waals surface area contributed by atoms with Gasteiger partial charge in [0.05, 0.1) is 12.7 Å². The number of piperidine rings is 1. The van der Waals surface area contributed by atoms with E-state index in [1.165, 1.54) is 6.42 Å². The number of fused-ring (bicyclic) bond motifs is 2. The molecule has 1 aliphatic carbocycles. The van der Waals surface area contributed by atoms with Crippen molar-refractivity contribution in [2.45, 2.75) is 44.2 Å². The highest BCUT2D eigenvalue weighted by Gasteiger charge is 2.43. The monoisotopic (exact) mass is 342 g/mol. The highest BCUT2D eigenvalue weighted by molar-refractivity contribution is 5.84. The van der Waals surface area contributed by atoms with Crippen LogP contribution in [0, 0.1) is 5.92 Å². The van der Waals surface area contributed by atoms with Crippen molar-refractivity contribution in [2.75, 3.05) is 20.2 Å². The van der Waals surface area contributed by atoms with Gasteiger partial charge in [-0.3, -0.25) is 4.79 Å². The third-order valence-corrected chi connectivity index (χ3v) is 6.06. The van der Waals surface area contributed by atoms with E-state index in [-0.39, 0.29) is 11.8 Å². The Labute approximate surface area is 148 Å². The summed E-state index contributed by atoms with van der Waals surface area (Å²) < 4.78 is 7.26. The van der Waals surface area contributed by atoms with Crippen LogP contribution in [-0.4, -0.2) is 46.3 Å². The lowest BCUT2D eigenvalue weighted by Gasteiger charge is -2.47. The van der Waals surface area contributed by atoms with Crippen molar-refractivity contribution in [2.24, 2.45) is 5.92 Å². The number of carbonyl (C=O) groups is 1. The predicted molar refractivity (Wildman–Crippen MR) is 96.6 cm³/mol. The van der Waals surface area contributed by atoms with Crippen LogP contribution in [0.15, 0.2) is 30.5 Å². The van der Waals surface area contributed by atoms with E-state index >= 15 is 0 Å². The Bertz CT molecular complexity index is 784. The van der Waals surface area contributed by atoms with E-state index in [1.807, 2.05) is 39.9 Å². The molecule has 2 atom stereocenters. The Balaban J connectivity index is 1.47. The summed E-state index contributed by atoms with van der Waals surface area (Å²) in [5.41, 5.74) is 0.506. The SMILES string of the molecule is COc1ccc2c(ccn2CC(=O)N2CC[C@@]3(O)CCCC[C@@H]3C2)c1. The summed E-state index contributed by atoms with van der Waals surface area (Å²) >= 11 is 0. The minimum Gasteiger partial charge on any atom is -0.497 e. The molecule has 0 bridgehead atoms. The molecular weight excluding hydrogens is 316 g/mol. The molecule has 5 heteroatoms. The maximum absolute atomic E-state index is 12.8. The van der Waals surface area contributed by atoms with Crippen molar-refractivity contribution in [3.8, 4) is 5.75 Å². The van der Waals surface area contributed by atoms with E-state index in [4.69, 9.17) is 4.74 Å². The number of benzene rings is 1. The number of carbonyl (C=O) groups excluding carboxylic acids is 1. The molecule has 5 nitrogen and oxygen atoms in total. The summed E-state index contributed by atoms with van der Waals surface area (Å²) in [5, 5.41) is 11.9. The molecule has 2 heterocycles. The van der Waals surface area contributed by atoms with E-state index < -0.39 is 5.60 Å². The van der Waals surface area contributed by atoms with Crippen LogP contribution in [0.1, 0.15) is 32.1 Å². The molecule has 1 aromatic carbocycles. The Morgan fingerprint density at radius 1 is 1.32 bits per heavy atom. The minimum absolute atomic E-state index is 0.140. The Morgan fingerprint density at radius 3 is 3.04 bits per heavy atom. The Morgan fingerprint density at radius 2 is 2.20 bits per heavy atom. The summed E-state index contributed by atoms with van der Waals surface area (Å²) in [6.45, 7) is 1.71. The van der Waals surface area contributed by atoms with E-state index in [1.54, 1.807) is 7.11 Å². The molecule has 0 spiro atoms. The van der Waals surface area contributed by atoms with Gasteiger partial charge in [0, 0.05) is 36.1 Å². The first-order valence-corrected chi connectivity index (χ1v) is 9.22. The maximum Gasteiger partial charge on any atom is 0.242 e. The molecule has 1 saturated carbocycles. The smallest absolute Gasteiger partial charge is 0.242 e. The zero-order valence-corrected chi connectivity index (χ0v) is 14.8. The third kappa shape index (κ3) is 3.01. The van der Waals surface area contributed by atoms with E-state index in [0.717, 1.165) is 35.9 Å². The molecule has 1 N–H and O–H groups in total. The number of rotatable bonds is 3. The third-order valence-electron chi connectivity index (χ3n) is 6.06. The van der Waals surface area contributed by atoms with Crippen LogP contribution >= 0.6 is 0 Å². The largest absolute Gasteiger partial charge is 0.497 e. The van der Waals surface area contributed by atoms with Gasteiger partial charge in [0.25, 0.3) is 0 Å². The zero-order chi connectivity index (χ0) is 17.4. The topological polar surface area (TPSA) is 54.7 Å². The number of methoxy groups -OCH3 is 1. The zero-order valence-electron chi connectivity index (χ0n) is 14.8. The van der Waals surface area contributed by atoms with Crippen LogP contribution in [0.25, 0.3) is 10.9 Å². The summed E-state index contributed by atoms with van der Waals surface area (Å²) in [4.78, 5) is 14.8. The van der Waals surface area contributed by atoms with Crippen LogP contribution in [0.3, 0.4) is 0 Å². The normalized spacial score (nSPS) is 26.5. The van der Waals surface area contributed by atoms with Gasteiger partial charge in [-0.1, -0.05) is 12.8 Å². The molecule has 2 fully saturated rings. The van der Waals surface area contributed by atoms with Gasteiger partial charge in [0.2, 0.25) is 5.91 Å². The van der Waals surface area contributed by atoms with Gasteiger partial charge in [-0.25, -0.2) is 0 Å². The van der Waals surface area contributed by atoms with Crippen molar-refractivity contribution >= 4 is 16.8 Å². The average Bonchev–Trinajstić information content (AvgIpc) is 3.02. The summed E-state index contributed by atoms with van der Waals surface area (Å²) in [6.07, 6.45) is 6.88. The molecule has 0 unspecified atom stereocenters. The lowest BCUT2D eigenvalue weighted by Crippen LogP contribution is -2.55. The quantitative estimate of drug-likeness (QED) is 0.933. The Hall–Kier alpha value is -2.01. The molecule has 134 valence electrons. The van der Waals surface area contributed by atoms with Crippen LogP contribution in [0.2, 0.25) is 0 Å². The molecule has 1 aliphatic heterocycles. The average molecular weight is 342 g/mol. The summed E-state index contributed by atoms with van der Waals surface area (Å²) in [7, 11) is 1.66. The maximum atomic E-state index is 12.8. The van der Waals surface area contributed by atoms with Gasteiger partial charge >= 0.3 is 0 Å². The van der Waals surface area contributed by atoms with Crippen molar-refractivity contribution < 1.29 is 14.6 Å². The second-order valence-corrected chi connectivity index (χ2v) is 7.50. The van der Waals surface area contributed by atoms with E-state index in [0.29, 0.717) is 26.1 Å². The number of hydrogen-bond donors (Lipinski definition) is 1. The number of ether oxygens (including phenoxy) is 1. The number of aromatic nitrogens is 1. The van der Waals surface area contributed by atoms with E-state index in [2.05, 4.69) is 0 Å². The van der Waals surface area contributed by atoms with Crippen molar-refractivity contribution in [3.63, 3.8) is 0 Å². The molecule has 4 rings (SSSR count). The van der Waals surface area contributed by atoms with Gasteiger partial charge in [-0.05, 0) is 43.5 Å². The fourth-order valence-corrected chi connectivity index (χ4v) is 4.49.